The fourth-order valence-corrected chi connectivity index (χ4v) is 1.66. The van der Waals surface area contributed by atoms with Crippen molar-refractivity contribution in [3.8, 4) is 0 Å². The molecule has 1 atom stereocenters. The topological polar surface area (TPSA) is 60.1 Å². The molecule has 0 aliphatic rings. The smallest absolute Gasteiger partial charge is 0.241 e. The SMILES string of the molecule is C[C@@H](N)C(=O)Nc1ccn(Cc2ccccc2)c1. The summed E-state index contributed by atoms with van der Waals surface area (Å²) in [5, 5.41) is 2.76. The van der Waals surface area contributed by atoms with Crippen molar-refractivity contribution >= 4 is 11.6 Å². The van der Waals surface area contributed by atoms with Gasteiger partial charge in [-0.15, -0.1) is 0 Å². The summed E-state index contributed by atoms with van der Waals surface area (Å²) in [5.74, 6) is -0.174. The third-order valence-electron chi connectivity index (χ3n) is 2.64. The lowest BCUT2D eigenvalue weighted by Crippen LogP contribution is -2.32. The van der Waals surface area contributed by atoms with E-state index < -0.39 is 6.04 Å². The molecule has 0 saturated carbocycles. The van der Waals surface area contributed by atoms with Gasteiger partial charge in [0.05, 0.1) is 11.7 Å². The maximum Gasteiger partial charge on any atom is 0.241 e. The largest absolute Gasteiger partial charge is 0.348 e. The van der Waals surface area contributed by atoms with Crippen LogP contribution in [0.4, 0.5) is 5.69 Å². The van der Waals surface area contributed by atoms with E-state index >= 15 is 0 Å². The number of amides is 1. The van der Waals surface area contributed by atoms with E-state index in [1.54, 1.807) is 6.92 Å². The molecule has 1 heterocycles. The van der Waals surface area contributed by atoms with Crippen LogP contribution in [-0.2, 0) is 11.3 Å². The second-order valence-electron chi connectivity index (χ2n) is 4.34. The van der Waals surface area contributed by atoms with Crippen LogP contribution in [0.5, 0.6) is 0 Å². The normalized spacial score (nSPS) is 12.1. The van der Waals surface area contributed by atoms with E-state index in [0.717, 1.165) is 12.2 Å². The summed E-state index contributed by atoms with van der Waals surface area (Å²) in [6.07, 6.45) is 3.83. The number of carbonyl (C=O) groups excluding carboxylic acids is 1. The van der Waals surface area contributed by atoms with Crippen LogP contribution in [0.15, 0.2) is 48.8 Å². The Morgan fingerprint density at radius 1 is 1.33 bits per heavy atom. The first-order valence-electron chi connectivity index (χ1n) is 5.91. The molecule has 1 aromatic carbocycles. The third kappa shape index (κ3) is 3.21. The number of rotatable bonds is 4. The summed E-state index contributed by atoms with van der Waals surface area (Å²) >= 11 is 0. The second-order valence-corrected chi connectivity index (χ2v) is 4.34. The van der Waals surface area contributed by atoms with Crippen LogP contribution < -0.4 is 11.1 Å². The van der Waals surface area contributed by atoms with E-state index in [1.165, 1.54) is 5.56 Å². The number of nitrogens with two attached hydrogens (primary N) is 1. The quantitative estimate of drug-likeness (QED) is 0.860. The molecule has 4 nitrogen and oxygen atoms in total. The lowest BCUT2D eigenvalue weighted by molar-refractivity contribution is -0.117. The summed E-state index contributed by atoms with van der Waals surface area (Å²) < 4.78 is 2.02. The number of nitrogens with zero attached hydrogens (tertiary/aromatic N) is 1. The van der Waals surface area contributed by atoms with Crippen LogP contribution in [0.2, 0.25) is 0 Å². The molecule has 0 fully saturated rings. The van der Waals surface area contributed by atoms with Crippen molar-refractivity contribution in [1.29, 1.82) is 0 Å². The minimum Gasteiger partial charge on any atom is -0.348 e. The summed E-state index contributed by atoms with van der Waals surface area (Å²) in [4.78, 5) is 11.4. The van der Waals surface area contributed by atoms with Crippen molar-refractivity contribution in [1.82, 2.24) is 4.57 Å². The van der Waals surface area contributed by atoms with Crippen LogP contribution in [0.1, 0.15) is 12.5 Å². The molecule has 4 heteroatoms. The lowest BCUT2D eigenvalue weighted by Gasteiger charge is -2.05. The molecule has 0 radical (unpaired) electrons. The molecule has 0 unspecified atom stereocenters. The molecule has 18 heavy (non-hydrogen) atoms. The van der Waals surface area contributed by atoms with Crippen molar-refractivity contribution in [2.45, 2.75) is 19.5 Å². The Balaban J connectivity index is 2.00. The van der Waals surface area contributed by atoms with E-state index in [4.69, 9.17) is 5.73 Å². The Bertz CT molecular complexity index is 517. The Labute approximate surface area is 106 Å². The maximum absolute atomic E-state index is 11.4. The van der Waals surface area contributed by atoms with Crippen LogP contribution >= 0.6 is 0 Å². The Morgan fingerprint density at radius 3 is 2.72 bits per heavy atom. The zero-order valence-corrected chi connectivity index (χ0v) is 10.3. The van der Waals surface area contributed by atoms with E-state index in [9.17, 15) is 4.79 Å². The van der Waals surface area contributed by atoms with Crippen molar-refractivity contribution in [2.24, 2.45) is 5.73 Å². The highest BCUT2D eigenvalue weighted by Gasteiger charge is 2.07. The first-order valence-corrected chi connectivity index (χ1v) is 5.91. The molecule has 2 aromatic rings. The predicted molar refractivity (Wildman–Crippen MR) is 72.3 cm³/mol. The van der Waals surface area contributed by atoms with Crippen LogP contribution in [0.25, 0.3) is 0 Å². The molecule has 3 N–H and O–H groups in total. The number of hydrogen-bond donors (Lipinski definition) is 2. The highest BCUT2D eigenvalue weighted by Crippen LogP contribution is 2.10. The van der Waals surface area contributed by atoms with Crippen LogP contribution in [0.3, 0.4) is 0 Å². The van der Waals surface area contributed by atoms with Gasteiger partial charge in [-0.3, -0.25) is 4.79 Å². The first-order chi connectivity index (χ1) is 8.65. The minimum absolute atomic E-state index is 0.174. The second kappa shape index (κ2) is 5.51. The number of aromatic nitrogens is 1. The highest BCUT2D eigenvalue weighted by molar-refractivity contribution is 5.94. The van der Waals surface area contributed by atoms with Gasteiger partial charge in [0.2, 0.25) is 5.91 Å². The molecule has 0 saturated heterocycles. The van der Waals surface area contributed by atoms with E-state index in [2.05, 4.69) is 17.4 Å². The molecule has 0 aliphatic carbocycles. The van der Waals surface area contributed by atoms with Gasteiger partial charge in [0.25, 0.3) is 0 Å². The van der Waals surface area contributed by atoms with Crippen molar-refractivity contribution in [3.63, 3.8) is 0 Å². The first kappa shape index (κ1) is 12.4. The minimum atomic E-state index is -0.498. The highest BCUT2D eigenvalue weighted by atomic mass is 16.2. The van der Waals surface area contributed by atoms with Gasteiger partial charge < -0.3 is 15.6 Å². The van der Waals surface area contributed by atoms with Crippen LogP contribution in [0, 0.1) is 0 Å². The van der Waals surface area contributed by atoms with Gasteiger partial charge in [-0.2, -0.15) is 0 Å². The molecule has 0 spiro atoms. The Morgan fingerprint density at radius 2 is 2.06 bits per heavy atom. The Hall–Kier alpha value is -2.07. The molecule has 94 valence electrons. The third-order valence-corrected chi connectivity index (χ3v) is 2.64. The van der Waals surface area contributed by atoms with Gasteiger partial charge in [0.15, 0.2) is 0 Å². The van der Waals surface area contributed by atoms with Gasteiger partial charge in [-0.25, -0.2) is 0 Å². The molecule has 1 aromatic heterocycles. The fourth-order valence-electron chi connectivity index (χ4n) is 1.66. The standard InChI is InChI=1S/C14H17N3O/c1-11(15)14(18)16-13-7-8-17(10-13)9-12-5-3-2-4-6-12/h2-8,10-11H,9,15H2,1H3,(H,16,18)/t11-/m1/s1. The summed E-state index contributed by atoms with van der Waals surface area (Å²) in [5.41, 5.74) is 7.49. The molecule has 1 amide bonds. The zero-order valence-electron chi connectivity index (χ0n) is 10.3. The summed E-state index contributed by atoms with van der Waals surface area (Å²) in [7, 11) is 0. The zero-order chi connectivity index (χ0) is 13.0. The van der Waals surface area contributed by atoms with Crippen LogP contribution in [-0.4, -0.2) is 16.5 Å². The molecular formula is C14H17N3O. The molecule has 2 rings (SSSR count). The number of benzene rings is 1. The van der Waals surface area contributed by atoms with Gasteiger partial charge in [0, 0.05) is 18.9 Å². The molecule has 0 bridgehead atoms. The monoisotopic (exact) mass is 243 g/mol. The maximum atomic E-state index is 11.4. The van der Waals surface area contributed by atoms with Crippen molar-refractivity contribution in [2.75, 3.05) is 5.32 Å². The van der Waals surface area contributed by atoms with Crippen molar-refractivity contribution < 1.29 is 4.79 Å². The lowest BCUT2D eigenvalue weighted by atomic mass is 10.2. The number of carbonyl (C=O) groups is 1. The molecule has 0 aliphatic heterocycles. The van der Waals surface area contributed by atoms with Gasteiger partial charge in [0.1, 0.15) is 0 Å². The summed E-state index contributed by atoms with van der Waals surface area (Å²) in [6, 6.07) is 11.5. The number of anilines is 1. The van der Waals surface area contributed by atoms with E-state index in [-0.39, 0.29) is 5.91 Å². The fraction of sp³-hybridized carbons (Fsp3) is 0.214. The van der Waals surface area contributed by atoms with Gasteiger partial charge in [-0.1, -0.05) is 30.3 Å². The predicted octanol–water partition coefficient (Wildman–Crippen LogP) is 1.82. The Kier molecular flexibility index (Phi) is 3.79. The average molecular weight is 243 g/mol. The molecular weight excluding hydrogens is 226 g/mol. The van der Waals surface area contributed by atoms with Gasteiger partial charge in [-0.05, 0) is 18.6 Å². The average Bonchev–Trinajstić information content (AvgIpc) is 2.77. The van der Waals surface area contributed by atoms with Crippen molar-refractivity contribution in [3.05, 3.63) is 54.4 Å². The number of nitrogens with one attached hydrogen (secondary N) is 1. The van der Waals surface area contributed by atoms with E-state index in [1.807, 2.05) is 41.2 Å². The number of hydrogen-bond acceptors (Lipinski definition) is 2. The summed E-state index contributed by atoms with van der Waals surface area (Å²) in [6.45, 7) is 2.45. The van der Waals surface area contributed by atoms with E-state index in [0.29, 0.717) is 0 Å². The van der Waals surface area contributed by atoms with Gasteiger partial charge >= 0.3 is 0 Å².